The molecule has 0 bridgehead atoms. The SMILES string of the molecule is Cc1ccnc(NS(=O)(=O)c2ccc(NC(=O)/C=C\c3cccc(Cl)c3)cc2)n1. The van der Waals surface area contributed by atoms with Crippen LogP contribution in [0, 0.1) is 6.92 Å². The first-order chi connectivity index (χ1) is 13.8. The van der Waals surface area contributed by atoms with Crippen LogP contribution < -0.4 is 10.0 Å². The summed E-state index contributed by atoms with van der Waals surface area (Å²) in [5.41, 5.74) is 1.89. The predicted molar refractivity (Wildman–Crippen MR) is 113 cm³/mol. The van der Waals surface area contributed by atoms with Gasteiger partial charge in [0.2, 0.25) is 11.9 Å². The summed E-state index contributed by atoms with van der Waals surface area (Å²) < 4.78 is 27.2. The summed E-state index contributed by atoms with van der Waals surface area (Å²) in [6.45, 7) is 1.73. The second-order valence-electron chi connectivity index (χ2n) is 6.03. The molecule has 1 heterocycles. The lowest BCUT2D eigenvalue weighted by atomic mass is 10.2. The molecule has 0 saturated carbocycles. The predicted octanol–water partition coefficient (Wildman–Crippen LogP) is 3.89. The number of nitrogens with zero attached hydrogens (tertiary/aromatic N) is 2. The van der Waals surface area contributed by atoms with E-state index in [1.165, 1.54) is 36.5 Å². The molecule has 3 rings (SSSR count). The Morgan fingerprint density at radius 1 is 1.10 bits per heavy atom. The Morgan fingerprint density at radius 3 is 2.55 bits per heavy atom. The van der Waals surface area contributed by atoms with Crippen molar-refractivity contribution in [2.75, 3.05) is 10.0 Å². The standard InChI is InChI=1S/C20H17ClN4O3S/c1-14-11-12-22-20(23-14)25-29(27,28)18-8-6-17(7-9-18)24-19(26)10-5-15-3-2-4-16(21)13-15/h2-13H,1H3,(H,24,26)(H,22,23,25)/b10-5-. The van der Waals surface area contributed by atoms with Crippen LogP contribution in [0.15, 0.2) is 71.8 Å². The average molecular weight is 429 g/mol. The van der Waals surface area contributed by atoms with Gasteiger partial charge in [0, 0.05) is 28.7 Å². The quantitative estimate of drug-likeness (QED) is 0.580. The van der Waals surface area contributed by atoms with Gasteiger partial charge in [-0.25, -0.2) is 23.1 Å². The molecule has 0 radical (unpaired) electrons. The molecule has 1 amide bonds. The summed E-state index contributed by atoms with van der Waals surface area (Å²) in [7, 11) is -3.84. The molecule has 7 nitrogen and oxygen atoms in total. The zero-order valence-electron chi connectivity index (χ0n) is 15.3. The lowest BCUT2D eigenvalue weighted by Crippen LogP contribution is -2.15. The number of aryl methyl sites for hydroxylation is 1. The number of benzene rings is 2. The van der Waals surface area contributed by atoms with Crippen molar-refractivity contribution < 1.29 is 13.2 Å². The van der Waals surface area contributed by atoms with Crippen LogP contribution in [0.4, 0.5) is 11.6 Å². The highest BCUT2D eigenvalue weighted by molar-refractivity contribution is 7.92. The van der Waals surface area contributed by atoms with Gasteiger partial charge in [-0.15, -0.1) is 0 Å². The minimum Gasteiger partial charge on any atom is -0.323 e. The monoisotopic (exact) mass is 428 g/mol. The van der Waals surface area contributed by atoms with E-state index in [4.69, 9.17) is 11.6 Å². The molecule has 9 heteroatoms. The third-order valence-corrected chi connectivity index (χ3v) is 5.31. The maximum atomic E-state index is 12.4. The summed E-state index contributed by atoms with van der Waals surface area (Å²) in [5, 5.41) is 3.24. The second kappa shape index (κ2) is 8.85. The molecule has 0 aliphatic carbocycles. The van der Waals surface area contributed by atoms with Crippen LogP contribution in [0.25, 0.3) is 6.08 Å². The number of carbonyl (C=O) groups is 1. The molecular formula is C20H17ClN4O3S. The molecule has 1 aromatic heterocycles. The van der Waals surface area contributed by atoms with Gasteiger partial charge in [0.05, 0.1) is 4.90 Å². The number of nitrogens with one attached hydrogen (secondary N) is 2. The molecule has 0 aliphatic heterocycles. The third-order valence-electron chi connectivity index (χ3n) is 3.73. The lowest BCUT2D eigenvalue weighted by Gasteiger charge is -2.08. The van der Waals surface area contributed by atoms with Gasteiger partial charge in [-0.2, -0.15) is 0 Å². The summed E-state index contributed by atoms with van der Waals surface area (Å²) in [4.78, 5) is 20.0. The Bertz CT molecular complexity index is 1160. The van der Waals surface area contributed by atoms with E-state index in [2.05, 4.69) is 20.0 Å². The van der Waals surface area contributed by atoms with Crippen LogP contribution in [0.2, 0.25) is 5.02 Å². The van der Waals surface area contributed by atoms with Gasteiger partial charge < -0.3 is 5.32 Å². The van der Waals surface area contributed by atoms with E-state index in [-0.39, 0.29) is 16.8 Å². The van der Waals surface area contributed by atoms with Crippen molar-refractivity contribution in [2.45, 2.75) is 11.8 Å². The molecule has 0 atom stereocenters. The number of rotatable bonds is 6. The van der Waals surface area contributed by atoms with E-state index in [1.807, 2.05) is 6.07 Å². The van der Waals surface area contributed by atoms with Crippen molar-refractivity contribution >= 4 is 45.2 Å². The highest BCUT2D eigenvalue weighted by Crippen LogP contribution is 2.17. The molecule has 0 aliphatic rings. The summed E-state index contributed by atoms with van der Waals surface area (Å²) in [6, 6.07) is 14.5. The van der Waals surface area contributed by atoms with E-state index in [0.29, 0.717) is 16.4 Å². The highest BCUT2D eigenvalue weighted by atomic mass is 35.5. The Hall–Kier alpha value is -3.23. The molecule has 3 aromatic rings. The number of carbonyl (C=O) groups excluding carboxylic acids is 1. The fourth-order valence-electron chi connectivity index (χ4n) is 2.36. The van der Waals surface area contributed by atoms with Crippen molar-refractivity contribution in [3.63, 3.8) is 0 Å². The van der Waals surface area contributed by atoms with Crippen molar-refractivity contribution in [1.82, 2.24) is 9.97 Å². The first-order valence-corrected chi connectivity index (χ1v) is 10.4. The molecule has 29 heavy (non-hydrogen) atoms. The topological polar surface area (TPSA) is 101 Å². The van der Waals surface area contributed by atoms with Crippen molar-refractivity contribution in [2.24, 2.45) is 0 Å². The first kappa shape index (κ1) is 20.5. The number of anilines is 2. The zero-order chi connectivity index (χ0) is 20.9. The van der Waals surface area contributed by atoms with Gasteiger partial charge >= 0.3 is 0 Å². The number of hydrogen-bond acceptors (Lipinski definition) is 5. The molecule has 0 fully saturated rings. The van der Waals surface area contributed by atoms with Crippen molar-refractivity contribution in [1.29, 1.82) is 0 Å². The average Bonchev–Trinajstić information content (AvgIpc) is 2.67. The molecular weight excluding hydrogens is 412 g/mol. The zero-order valence-corrected chi connectivity index (χ0v) is 16.9. The van der Waals surface area contributed by atoms with E-state index in [9.17, 15) is 13.2 Å². The fraction of sp³-hybridized carbons (Fsp3) is 0.0500. The minimum atomic E-state index is -3.84. The van der Waals surface area contributed by atoms with Crippen LogP contribution in [-0.2, 0) is 14.8 Å². The highest BCUT2D eigenvalue weighted by Gasteiger charge is 2.15. The van der Waals surface area contributed by atoms with Crippen molar-refractivity contribution in [3.05, 3.63) is 83.2 Å². The van der Waals surface area contributed by atoms with E-state index in [0.717, 1.165) is 5.56 Å². The summed E-state index contributed by atoms with van der Waals surface area (Å²) >= 11 is 5.90. The molecule has 2 aromatic carbocycles. The Kier molecular flexibility index (Phi) is 6.26. The largest absolute Gasteiger partial charge is 0.323 e. The van der Waals surface area contributed by atoms with Crippen LogP contribution in [-0.4, -0.2) is 24.3 Å². The van der Waals surface area contributed by atoms with E-state index < -0.39 is 10.0 Å². The van der Waals surface area contributed by atoms with Gasteiger partial charge in [0.25, 0.3) is 10.0 Å². The fourth-order valence-corrected chi connectivity index (χ4v) is 3.51. The van der Waals surface area contributed by atoms with Crippen LogP contribution >= 0.6 is 11.6 Å². The Labute approximate surface area is 173 Å². The van der Waals surface area contributed by atoms with Crippen LogP contribution in [0.3, 0.4) is 0 Å². The molecule has 0 saturated heterocycles. The Balaban J connectivity index is 1.65. The Morgan fingerprint density at radius 2 is 1.86 bits per heavy atom. The summed E-state index contributed by atoms with van der Waals surface area (Å²) in [6.07, 6.45) is 4.47. The van der Waals surface area contributed by atoms with Gasteiger partial charge in [-0.05, 0) is 61.0 Å². The van der Waals surface area contributed by atoms with Gasteiger partial charge in [0.15, 0.2) is 0 Å². The third kappa shape index (κ3) is 5.87. The normalized spacial score (nSPS) is 11.4. The maximum Gasteiger partial charge on any atom is 0.264 e. The maximum absolute atomic E-state index is 12.4. The molecule has 148 valence electrons. The lowest BCUT2D eigenvalue weighted by molar-refractivity contribution is -0.111. The molecule has 2 N–H and O–H groups in total. The van der Waals surface area contributed by atoms with Crippen molar-refractivity contribution in [3.8, 4) is 0 Å². The van der Waals surface area contributed by atoms with E-state index in [1.54, 1.807) is 37.3 Å². The molecule has 0 unspecified atom stereocenters. The number of hydrogen-bond donors (Lipinski definition) is 2. The van der Waals surface area contributed by atoms with E-state index >= 15 is 0 Å². The molecule has 0 spiro atoms. The minimum absolute atomic E-state index is 0.00599. The number of aromatic nitrogens is 2. The number of halogens is 1. The smallest absolute Gasteiger partial charge is 0.264 e. The van der Waals surface area contributed by atoms with Crippen LogP contribution in [0.5, 0.6) is 0 Å². The second-order valence-corrected chi connectivity index (χ2v) is 8.15. The number of sulfonamides is 1. The van der Waals surface area contributed by atoms with Gasteiger partial charge in [-0.3, -0.25) is 4.79 Å². The van der Waals surface area contributed by atoms with Gasteiger partial charge in [0.1, 0.15) is 0 Å². The van der Waals surface area contributed by atoms with Crippen LogP contribution in [0.1, 0.15) is 11.3 Å². The first-order valence-electron chi connectivity index (χ1n) is 8.49. The number of amides is 1. The summed E-state index contributed by atoms with van der Waals surface area (Å²) in [5.74, 6) is -0.361. The van der Waals surface area contributed by atoms with Gasteiger partial charge in [-0.1, -0.05) is 23.7 Å².